The molecule has 0 bridgehead atoms. The van der Waals surface area contributed by atoms with Gasteiger partial charge in [-0.25, -0.2) is 9.99 Å². The maximum atomic E-state index is 5.47. The summed E-state index contributed by atoms with van der Waals surface area (Å²) in [6.07, 6.45) is 28.9. The largest absolute Gasteiger partial charge is 0.379 e. The van der Waals surface area contributed by atoms with Crippen LogP contribution in [0, 0.1) is 0 Å². The van der Waals surface area contributed by atoms with Crippen molar-refractivity contribution < 1.29 is 9.47 Å². The number of likely N-dealkylation sites (N-methyl/N-ethyl adjacent to an activating group) is 1. The van der Waals surface area contributed by atoms with E-state index in [9.17, 15) is 0 Å². The average Bonchev–Trinajstić information content (AvgIpc) is 4.37. The first-order valence-corrected chi connectivity index (χ1v) is 33.6. The third kappa shape index (κ3) is 48.1. The van der Waals surface area contributed by atoms with Crippen LogP contribution in [0.15, 0.2) is 18.7 Å². The van der Waals surface area contributed by atoms with Gasteiger partial charge in [-0.05, 0) is 215 Å². The number of hydrogen-bond acceptors (Lipinski definition) is 21. The second kappa shape index (κ2) is 59.4. The molecule has 1 unspecified atom stereocenters. The van der Waals surface area contributed by atoms with E-state index in [0.29, 0.717) is 0 Å². The molecule has 1 aromatic heterocycles. The van der Waals surface area contributed by atoms with Crippen LogP contribution in [0.5, 0.6) is 0 Å². The van der Waals surface area contributed by atoms with Crippen molar-refractivity contribution in [2.45, 2.75) is 135 Å². The summed E-state index contributed by atoms with van der Waals surface area (Å²) in [6.45, 7) is 41.6. The standard InChI is InChI=1S/C9H20N2.C8H19N3.C7H16N2O.2C7H16N2.C6H11N3.C6H14N2O.C6H14N2.C5H12N2/c1-9-5-2-3-7-11(9)8-4-6-10;1-10-5-7-11(8-6-10)4-2-3-9;8-2-1-3-9-4-6-10-7-5-9;8-4-3-7-9-5-1-2-6-9;8-4-7-9-5-2-1-3-6-9;7-2-1-4-9-5-3-8-6-9;7-1-2-8-3-5-9-6-4-8;7-3-6-8-4-1-2-5-8;6-7-4-2-1-3-5-7/h9H,2-8,10H2,1H3;2-9H2,1H3;1-8H2;2*1-8H2;3,5-6H,1-2,4,7H2;1-7H2;1-7H2;1-6H2. The van der Waals surface area contributed by atoms with Crippen LogP contribution in [0.4, 0.5) is 0 Å². The molecule has 1 aromatic rings. The van der Waals surface area contributed by atoms with Gasteiger partial charge >= 0.3 is 0 Å². The van der Waals surface area contributed by atoms with E-state index in [2.05, 4.69) is 58.2 Å². The molecule has 9 rings (SSSR count). The van der Waals surface area contributed by atoms with E-state index in [4.69, 9.17) is 61.2 Å². The highest BCUT2D eigenvalue weighted by Gasteiger charge is 2.17. The Morgan fingerprint density at radius 3 is 1.10 bits per heavy atom. The molecule has 1 atom stereocenters. The van der Waals surface area contributed by atoms with Gasteiger partial charge in [0, 0.05) is 130 Å². The molecule has 22 heteroatoms. The number of aromatic nitrogens is 2. The highest BCUT2D eigenvalue weighted by Crippen LogP contribution is 2.16. The molecule has 0 aliphatic carbocycles. The van der Waals surface area contributed by atoms with Gasteiger partial charge in [-0.1, -0.05) is 19.3 Å². The zero-order valence-electron chi connectivity index (χ0n) is 54.1. The van der Waals surface area contributed by atoms with Gasteiger partial charge in [0.1, 0.15) is 0 Å². The number of nitrogens with zero attached hydrogens (tertiary/aromatic N) is 11. The second-order valence-corrected chi connectivity index (χ2v) is 23.4. The van der Waals surface area contributed by atoms with E-state index in [-0.39, 0.29) is 0 Å². The summed E-state index contributed by atoms with van der Waals surface area (Å²) >= 11 is 0. The zero-order chi connectivity index (χ0) is 60.5. The molecule has 0 amide bonds. The van der Waals surface area contributed by atoms with Crippen LogP contribution >= 0.6 is 0 Å². The number of nitrogens with two attached hydrogens (primary N) is 9. The number of ether oxygens (including phenoxy) is 2. The minimum Gasteiger partial charge on any atom is -0.379 e. The van der Waals surface area contributed by atoms with Gasteiger partial charge in [0.25, 0.3) is 0 Å². The number of hydrazine groups is 1. The second-order valence-electron chi connectivity index (χ2n) is 23.4. The Morgan fingerprint density at radius 1 is 0.373 bits per heavy atom. The number of hydrogen-bond donors (Lipinski definition) is 9. The fourth-order valence-corrected chi connectivity index (χ4v) is 10.8. The Hall–Kier alpha value is -1.59. The summed E-state index contributed by atoms with van der Waals surface area (Å²) < 4.78 is 12.4. The Labute approximate surface area is 509 Å². The molecular weight excluding hydrogens is 1040 g/mol. The highest BCUT2D eigenvalue weighted by atomic mass is 16.5. The van der Waals surface area contributed by atoms with Crippen molar-refractivity contribution in [2.24, 2.45) is 51.7 Å². The summed E-state index contributed by atoms with van der Waals surface area (Å²) in [5.41, 5.74) is 43.1. The molecule has 9 heterocycles. The number of likely N-dealkylation sites (tertiary alicyclic amines) is 4. The third-order valence-electron chi connectivity index (χ3n) is 16.2. The summed E-state index contributed by atoms with van der Waals surface area (Å²) in [6, 6.07) is 0.801. The molecule has 83 heavy (non-hydrogen) atoms. The first-order chi connectivity index (χ1) is 40.7. The number of imidazole rings is 1. The summed E-state index contributed by atoms with van der Waals surface area (Å²) in [5, 5.41) is 1.89. The van der Waals surface area contributed by atoms with E-state index in [1.165, 1.54) is 182 Å². The maximum Gasteiger partial charge on any atom is 0.0945 e. The third-order valence-corrected chi connectivity index (χ3v) is 16.2. The number of rotatable bonds is 21. The first kappa shape index (κ1) is 79.4. The van der Waals surface area contributed by atoms with Crippen molar-refractivity contribution >= 4 is 0 Å². The van der Waals surface area contributed by atoms with Gasteiger partial charge in [-0.15, -0.1) is 0 Å². The summed E-state index contributed by atoms with van der Waals surface area (Å²) in [5.74, 6) is 5.47. The predicted molar refractivity (Wildman–Crippen MR) is 352 cm³/mol. The van der Waals surface area contributed by atoms with Crippen LogP contribution < -0.4 is 51.7 Å². The predicted octanol–water partition coefficient (Wildman–Crippen LogP) is 1.22. The smallest absolute Gasteiger partial charge is 0.0945 e. The van der Waals surface area contributed by atoms with Gasteiger partial charge in [0.05, 0.1) is 32.8 Å². The van der Waals surface area contributed by atoms with Crippen molar-refractivity contribution in [3.05, 3.63) is 18.7 Å². The normalized spacial score (nSPS) is 21.6. The van der Waals surface area contributed by atoms with Crippen molar-refractivity contribution in [1.29, 1.82) is 0 Å². The number of aryl methyl sites for hydroxylation is 1. The Morgan fingerprint density at radius 2 is 0.723 bits per heavy atom. The molecule has 18 N–H and O–H groups in total. The Bertz CT molecular complexity index is 1360. The van der Waals surface area contributed by atoms with Crippen LogP contribution in [0.1, 0.15) is 122 Å². The Kier molecular flexibility index (Phi) is 56.8. The molecule has 22 nitrogen and oxygen atoms in total. The van der Waals surface area contributed by atoms with Crippen molar-refractivity contribution in [2.75, 3.05) is 243 Å². The van der Waals surface area contributed by atoms with E-state index < -0.39 is 0 Å². The molecule has 8 aliphatic heterocycles. The monoisotopic (exact) mass is 1180 g/mol. The number of piperazine rings is 1. The lowest BCUT2D eigenvalue weighted by Crippen LogP contribution is -2.44. The van der Waals surface area contributed by atoms with Gasteiger partial charge in [-0.3, -0.25) is 15.6 Å². The van der Waals surface area contributed by atoms with Gasteiger partial charge in [0.15, 0.2) is 0 Å². The van der Waals surface area contributed by atoms with Crippen molar-refractivity contribution in [3.63, 3.8) is 0 Å². The maximum absolute atomic E-state index is 5.47. The fraction of sp³-hybridized carbons (Fsp3) is 0.951. The molecule has 8 fully saturated rings. The minimum absolute atomic E-state index is 0.748. The van der Waals surface area contributed by atoms with Crippen LogP contribution in [0.3, 0.4) is 0 Å². The van der Waals surface area contributed by atoms with Gasteiger partial charge < -0.3 is 89.3 Å². The first-order valence-electron chi connectivity index (χ1n) is 33.6. The lowest BCUT2D eigenvalue weighted by Gasteiger charge is -2.33. The molecular formula is C61H138N20O2. The molecule has 8 aliphatic rings. The lowest BCUT2D eigenvalue weighted by molar-refractivity contribution is 0.0377. The van der Waals surface area contributed by atoms with Gasteiger partial charge in [0.2, 0.25) is 0 Å². The average molecular weight is 1180 g/mol. The van der Waals surface area contributed by atoms with Crippen LogP contribution in [-0.4, -0.2) is 303 Å². The number of morpholine rings is 2. The van der Waals surface area contributed by atoms with Crippen LogP contribution in [0.2, 0.25) is 0 Å². The molecule has 0 radical (unpaired) electrons. The quantitative estimate of drug-likeness (QED) is 0.0782. The van der Waals surface area contributed by atoms with E-state index in [1.807, 2.05) is 15.8 Å². The van der Waals surface area contributed by atoms with Crippen molar-refractivity contribution in [1.82, 2.24) is 53.8 Å². The molecule has 0 saturated carbocycles. The summed E-state index contributed by atoms with van der Waals surface area (Å²) in [4.78, 5) is 23.4. The van der Waals surface area contributed by atoms with Gasteiger partial charge in [-0.2, -0.15) is 0 Å². The Balaban J connectivity index is 0.000000468. The fourth-order valence-electron chi connectivity index (χ4n) is 10.8. The van der Waals surface area contributed by atoms with E-state index in [1.54, 1.807) is 12.5 Å². The molecule has 0 aromatic carbocycles. The topological polar surface area (TPSA) is 300 Å². The van der Waals surface area contributed by atoms with Crippen molar-refractivity contribution in [3.8, 4) is 0 Å². The van der Waals surface area contributed by atoms with E-state index >= 15 is 0 Å². The van der Waals surface area contributed by atoms with Crippen LogP contribution in [-0.2, 0) is 16.0 Å². The molecule has 8 saturated heterocycles. The molecule has 494 valence electrons. The minimum atomic E-state index is 0.748. The zero-order valence-corrected chi connectivity index (χ0v) is 54.1. The number of piperidine rings is 3. The van der Waals surface area contributed by atoms with E-state index in [0.717, 1.165) is 183 Å². The lowest BCUT2D eigenvalue weighted by atomic mass is 10.0. The van der Waals surface area contributed by atoms with Crippen LogP contribution in [0.25, 0.3) is 0 Å². The molecule has 0 spiro atoms. The summed E-state index contributed by atoms with van der Waals surface area (Å²) in [7, 11) is 2.18. The highest BCUT2D eigenvalue weighted by molar-refractivity contribution is 4.75. The SMILES string of the molecule is CC1CCCCN1CCCN.CN1CCN(CCCN)CC1.NCCCN1CCCC1.NCCCN1CCOCC1.NCCCn1ccnc1.NCCN1CCCC1.NCCN1CCCCC1.NCCN1CCOCC1.NN1CCCCC1.